The number of anilines is 2. The van der Waals surface area contributed by atoms with E-state index in [1.54, 1.807) is 10.6 Å². The molecule has 10 nitrogen and oxygen atoms in total. The summed E-state index contributed by atoms with van der Waals surface area (Å²) in [5, 5.41) is 8.38. The van der Waals surface area contributed by atoms with Crippen molar-refractivity contribution in [1.29, 1.82) is 0 Å². The number of halogens is 1. The Morgan fingerprint density at radius 3 is 2.76 bits per heavy atom. The molecule has 0 amide bonds. The summed E-state index contributed by atoms with van der Waals surface area (Å²) in [6.07, 6.45) is 2.09. The van der Waals surface area contributed by atoms with Crippen molar-refractivity contribution in [3.05, 3.63) is 41.5 Å². The number of fused-ring (bicyclic) bond motifs is 1. The van der Waals surface area contributed by atoms with Crippen LogP contribution in [0.2, 0.25) is 0 Å². The van der Waals surface area contributed by atoms with Crippen LogP contribution in [0.15, 0.2) is 24.3 Å². The van der Waals surface area contributed by atoms with Gasteiger partial charge in [0.15, 0.2) is 0 Å². The molecule has 3 N–H and O–H groups in total. The average molecular weight is 521 g/mol. The van der Waals surface area contributed by atoms with Crippen LogP contribution in [0.5, 0.6) is 0 Å². The Morgan fingerprint density at radius 2 is 1.97 bits per heavy atom. The van der Waals surface area contributed by atoms with Gasteiger partial charge in [0, 0.05) is 40.3 Å². The normalized spacial score (nSPS) is 19.8. The van der Waals surface area contributed by atoms with E-state index in [0.717, 1.165) is 54.4 Å². The van der Waals surface area contributed by atoms with Gasteiger partial charge in [-0.25, -0.2) is 18.9 Å². The molecule has 37 heavy (non-hydrogen) atoms. The third-order valence-electron chi connectivity index (χ3n) is 7.44. The minimum Gasteiger partial charge on any atom is -0.377 e. The lowest BCUT2D eigenvalue weighted by Gasteiger charge is -2.34. The van der Waals surface area contributed by atoms with E-state index < -0.39 is 0 Å². The van der Waals surface area contributed by atoms with Crippen molar-refractivity contribution < 1.29 is 19.5 Å². The first-order valence-electron chi connectivity index (χ1n) is 15.8. The predicted molar refractivity (Wildman–Crippen MR) is 149 cm³/mol. The fraction of sp³-hybridized carbons (Fsp3) is 0.462. The van der Waals surface area contributed by atoms with Crippen LogP contribution in [0.25, 0.3) is 28.2 Å². The van der Waals surface area contributed by atoms with Crippen molar-refractivity contribution in [2.24, 2.45) is 0 Å². The summed E-state index contributed by atoms with van der Waals surface area (Å²) in [5.41, 5.74) is 11.2. The Labute approximate surface area is 225 Å². The zero-order valence-electron chi connectivity index (χ0n) is 27.4. The fourth-order valence-electron chi connectivity index (χ4n) is 5.59. The number of hydrogen-bond acceptors (Lipinski definition) is 8. The van der Waals surface area contributed by atoms with Crippen LogP contribution in [0.3, 0.4) is 0 Å². The summed E-state index contributed by atoms with van der Waals surface area (Å²) >= 11 is 0. The van der Waals surface area contributed by atoms with E-state index in [9.17, 15) is 4.39 Å². The highest BCUT2D eigenvalue weighted by Gasteiger charge is 2.26. The Hall–Kier alpha value is -3.57. The number of nitrogens with one attached hydrogen (secondary N) is 1. The van der Waals surface area contributed by atoms with E-state index in [1.807, 2.05) is 13.0 Å². The lowest BCUT2D eigenvalue weighted by Crippen LogP contribution is -2.44. The molecule has 202 valence electrons. The van der Waals surface area contributed by atoms with Crippen LogP contribution >= 0.6 is 0 Å². The van der Waals surface area contributed by atoms with Gasteiger partial charge in [-0.3, -0.25) is 4.68 Å². The Bertz CT molecular complexity index is 1480. The van der Waals surface area contributed by atoms with Crippen LogP contribution in [0.1, 0.15) is 47.5 Å². The number of benzene rings is 1. The molecule has 2 aliphatic rings. The number of nitrogens with two attached hydrogens (primary N) is 1. The van der Waals surface area contributed by atoms with Crippen molar-refractivity contribution in [1.82, 2.24) is 34.6 Å². The molecule has 5 heterocycles. The molecule has 0 unspecified atom stereocenters. The minimum absolute atomic E-state index is 0. The molecule has 0 aliphatic carbocycles. The van der Waals surface area contributed by atoms with Crippen LogP contribution in [-0.2, 0) is 4.74 Å². The number of aromatic nitrogens is 6. The number of hydrogen-bond donors (Lipinski definition) is 2. The van der Waals surface area contributed by atoms with Gasteiger partial charge in [0.2, 0.25) is 11.9 Å². The second-order valence-electron chi connectivity index (χ2n) is 9.94. The van der Waals surface area contributed by atoms with E-state index in [1.165, 1.54) is 12.1 Å². The summed E-state index contributed by atoms with van der Waals surface area (Å²) in [4.78, 5) is 16.5. The zero-order valence-corrected chi connectivity index (χ0v) is 21.4. The molecule has 4 aromatic rings. The Balaban J connectivity index is 0.000000911. The second kappa shape index (κ2) is 9.38. The number of nitrogen functional groups attached to an aromatic ring is 1. The molecule has 2 aliphatic heterocycles. The van der Waals surface area contributed by atoms with Gasteiger partial charge >= 0.3 is 0 Å². The molecule has 0 radical (unpaired) electrons. The summed E-state index contributed by atoms with van der Waals surface area (Å²) < 4.78 is 53.4. The van der Waals surface area contributed by atoms with E-state index in [0.29, 0.717) is 42.8 Å². The van der Waals surface area contributed by atoms with Crippen LogP contribution in [-0.4, -0.2) is 68.2 Å². The highest BCUT2D eigenvalue weighted by molar-refractivity contribution is 5.80. The van der Waals surface area contributed by atoms with E-state index in [4.69, 9.17) is 34.4 Å². The lowest BCUT2D eigenvalue weighted by molar-refractivity contribution is 0.0985. The first-order valence-corrected chi connectivity index (χ1v) is 12.8. The molecule has 1 atom stereocenters. The van der Waals surface area contributed by atoms with Gasteiger partial charge in [-0.2, -0.15) is 10.1 Å². The topological polar surface area (TPSA) is 112 Å². The quantitative estimate of drug-likeness (QED) is 0.413. The average Bonchev–Trinajstić information content (AvgIpc) is 3.54. The maximum absolute atomic E-state index is 13.9. The smallest absolute Gasteiger partial charge is 0.239 e. The first kappa shape index (κ1) is 20.5. The van der Waals surface area contributed by atoms with Crippen molar-refractivity contribution in [2.75, 3.05) is 43.5 Å². The van der Waals surface area contributed by atoms with Gasteiger partial charge in [0.05, 0.1) is 47.7 Å². The number of ether oxygens (including phenoxy) is 1. The van der Waals surface area contributed by atoms with Gasteiger partial charge in [0.25, 0.3) is 0 Å². The monoisotopic (exact) mass is 520 g/mol. The molecule has 6 rings (SSSR count). The SMILES string of the molecule is Cc1nn(C2CCNCC2)c(C)c1-c1cc(N2CCOC[C@H]2C)nc(-n2c(N)nc3cc(F)ccc32)n1.[2HH].[2H][2H].[2H][2H].[2H][2H]. The maximum Gasteiger partial charge on any atom is 0.239 e. The van der Waals surface area contributed by atoms with Crippen LogP contribution in [0, 0.1) is 19.7 Å². The molecular weight excluding hydrogens is 473 g/mol. The largest absolute Gasteiger partial charge is 0.377 e. The van der Waals surface area contributed by atoms with Crippen molar-refractivity contribution >= 4 is 22.8 Å². The van der Waals surface area contributed by atoms with E-state index in [2.05, 4.69) is 33.7 Å². The second-order valence-corrected chi connectivity index (χ2v) is 9.94. The Kier molecular flexibility index (Phi) is 5.19. The number of rotatable bonds is 4. The number of imidazole rings is 1. The van der Waals surface area contributed by atoms with Crippen molar-refractivity contribution in [3.63, 3.8) is 0 Å². The Morgan fingerprint density at radius 1 is 1.16 bits per heavy atom. The molecule has 2 fully saturated rings. The summed E-state index contributed by atoms with van der Waals surface area (Å²) in [6, 6.07) is 6.96. The summed E-state index contributed by atoms with van der Waals surface area (Å²) in [6.45, 7) is 10.2. The molecule has 2 saturated heterocycles. The third kappa shape index (κ3) is 4.21. The molecule has 1 aromatic carbocycles. The molecule has 0 bridgehead atoms. The summed E-state index contributed by atoms with van der Waals surface area (Å²) in [5.74, 6) is 1.02. The van der Waals surface area contributed by atoms with Gasteiger partial charge in [-0.15, -0.1) is 0 Å². The van der Waals surface area contributed by atoms with Gasteiger partial charge < -0.3 is 20.7 Å². The number of piperidine rings is 1. The van der Waals surface area contributed by atoms with Crippen molar-refractivity contribution in [3.8, 4) is 17.2 Å². The maximum atomic E-state index is 13.9. The predicted octanol–water partition coefficient (Wildman–Crippen LogP) is 4.15. The lowest BCUT2D eigenvalue weighted by atomic mass is 10.1. The third-order valence-corrected chi connectivity index (χ3v) is 7.44. The highest BCUT2D eigenvalue weighted by atomic mass is 19.1. The zero-order chi connectivity index (χ0) is 31.7. The molecule has 0 saturated carbocycles. The van der Waals surface area contributed by atoms with Gasteiger partial charge in [-0.05, 0) is 58.8 Å². The first-order chi connectivity index (χ1) is 20.9. The van der Waals surface area contributed by atoms with E-state index >= 15 is 0 Å². The van der Waals surface area contributed by atoms with Crippen molar-refractivity contribution in [2.45, 2.75) is 45.7 Å². The summed E-state index contributed by atoms with van der Waals surface area (Å²) in [7, 11) is 0. The van der Waals surface area contributed by atoms with Gasteiger partial charge in [-0.1, -0.05) is 0 Å². The minimum atomic E-state index is -0.369. The molecule has 11 heteroatoms. The standard InChI is InChI=1S/C26H32FN9O.4H2/c1-15-14-37-11-10-34(15)23-13-21(24-16(2)33-36(17(24)3)19-6-8-29-9-7-19)31-26(32-23)35-22-5-4-18(27)12-20(22)30-25(35)28;;;;/h4-5,12-13,15,19,29H,6-11,14H2,1-3H3,(H2,28,30);4*1H/t15-;;;;/m1..../s1/i;3*1+1D;1+1. The van der Waals surface area contributed by atoms with Gasteiger partial charge in [0.1, 0.15) is 11.6 Å². The number of aryl methyl sites for hydroxylation is 1. The highest BCUT2D eigenvalue weighted by Crippen LogP contribution is 2.33. The van der Waals surface area contributed by atoms with Crippen LogP contribution < -0.4 is 16.0 Å². The molecular formula is C26H40FN9O. The fourth-order valence-corrected chi connectivity index (χ4v) is 5.59. The van der Waals surface area contributed by atoms with E-state index in [-0.39, 0.29) is 19.2 Å². The molecule has 0 spiro atoms. The molecule has 3 aromatic heterocycles. The van der Waals surface area contributed by atoms with Crippen LogP contribution in [0.4, 0.5) is 16.2 Å². The number of morpholine rings is 1. The number of nitrogens with zero attached hydrogens (tertiary/aromatic N) is 7.